The Labute approximate surface area is 81.3 Å². The van der Waals surface area contributed by atoms with Gasteiger partial charge >= 0.3 is 0 Å². The highest BCUT2D eigenvalue weighted by atomic mass is 32.2. The van der Waals surface area contributed by atoms with Crippen LogP contribution in [0.5, 0.6) is 0 Å². The minimum absolute atomic E-state index is 0.366. The molecule has 5 heteroatoms. The molecule has 1 aromatic rings. The second-order valence-corrected chi connectivity index (χ2v) is 4.36. The Bertz CT molecular complexity index is 270. The van der Waals surface area contributed by atoms with Gasteiger partial charge in [0.2, 0.25) is 5.89 Å². The average Bonchev–Trinajstić information content (AvgIpc) is 2.67. The van der Waals surface area contributed by atoms with Crippen molar-refractivity contribution in [1.29, 1.82) is 0 Å². The summed E-state index contributed by atoms with van der Waals surface area (Å²) < 4.78 is 5.14. The van der Waals surface area contributed by atoms with E-state index in [2.05, 4.69) is 10.1 Å². The molecule has 1 saturated heterocycles. The van der Waals surface area contributed by atoms with Gasteiger partial charge in [0.1, 0.15) is 0 Å². The molecule has 1 aliphatic rings. The molecule has 72 valence electrons. The van der Waals surface area contributed by atoms with Gasteiger partial charge in [0, 0.05) is 5.92 Å². The lowest BCUT2D eigenvalue weighted by atomic mass is 10.0. The van der Waals surface area contributed by atoms with Crippen LogP contribution in [-0.4, -0.2) is 21.6 Å². The zero-order valence-electron chi connectivity index (χ0n) is 7.40. The third-order valence-electron chi connectivity index (χ3n) is 2.24. The zero-order chi connectivity index (χ0) is 9.10. The normalized spacial score (nSPS) is 19.2. The molecule has 4 nitrogen and oxygen atoms in total. The number of hydrogen-bond donors (Lipinski definition) is 1. The molecule has 0 saturated carbocycles. The summed E-state index contributed by atoms with van der Waals surface area (Å²) in [5, 5.41) is 3.79. The number of nitrogens with zero attached hydrogens (tertiary/aromatic N) is 2. The SMILES string of the molecule is NCc1noc(C2CCSCC2)n1. The van der Waals surface area contributed by atoms with E-state index < -0.39 is 0 Å². The van der Waals surface area contributed by atoms with Crippen molar-refractivity contribution in [3.63, 3.8) is 0 Å². The van der Waals surface area contributed by atoms with Crippen LogP contribution in [0.15, 0.2) is 4.52 Å². The van der Waals surface area contributed by atoms with Crippen LogP contribution in [0.1, 0.15) is 30.5 Å². The average molecular weight is 199 g/mol. The van der Waals surface area contributed by atoms with Crippen LogP contribution in [0.2, 0.25) is 0 Å². The maximum Gasteiger partial charge on any atom is 0.229 e. The topological polar surface area (TPSA) is 64.9 Å². The summed E-state index contributed by atoms with van der Waals surface area (Å²) >= 11 is 1.99. The number of hydrogen-bond acceptors (Lipinski definition) is 5. The van der Waals surface area contributed by atoms with Crippen LogP contribution in [0, 0.1) is 0 Å². The van der Waals surface area contributed by atoms with Gasteiger partial charge in [0.25, 0.3) is 0 Å². The third kappa shape index (κ3) is 2.03. The van der Waals surface area contributed by atoms with Gasteiger partial charge in [0.15, 0.2) is 5.82 Å². The van der Waals surface area contributed by atoms with Crippen molar-refractivity contribution in [3.8, 4) is 0 Å². The standard InChI is InChI=1S/C8H13N3OS/c9-5-7-10-8(12-11-7)6-1-3-13-4-2-6/h6H,1-5,9H2. The van der Waals surface area contributed by atoms with Crippen LogP contribution in [0.4, 0.5) is 0 Å². The van der Waals surface area contributed by atoms with Crippen LogP contribution in [0.25, 0.3) is 0 Å². The van der Waals surface area contributed by atoms with Crippen LogP contribution in [-0.2, 0) is 6.54 Å². The minimum atomic E-state index is 0.366. The fourth-order valence-electron chi connectivity index (χ4n) is 1.46. The highest BCUT2D eigenvalue weighted by Crippen LogP contribution is 2.30. The van der Waals surface area contributed by atoms with Crippen LogP contribution in [0.3, 0.4) is 0 Å². The second-order valence-electron chi connectivity index (χ2n) is 3.14. The second kappa shape index (κ2) is 4.11. The Hall–Kier alpha value is -0.550. The molecule has 0 bridgehead atoms. The smallest absolute Gasteiger partial charge is 0.229 e. The number of nitrogens with two attached hydrogens (primary N) is 1. The van der Waals surface area contributed by atoms with Crippen molar-refractivity contribution in [2.24, 2.45) is 5.73 Å². The minimum Gasteiger partial charge on any atom is -0.339 e. The fourth-order valence-corrected chi connectivity index (χ4v) is 2.57. The van der Waals surface area contributed by atoms with Crippen molar-refractivity contribution in [2.45, 2.75) is 25.3 Å². The lowest BCUT2D eigenvalue weighted by Crippen LogP contribution is -2.08. The number of aromatic nitrogens is 2. The highest BCUT2D eigenvalue weighted by Gasteiger charge is 2.21. The van der Waals surface area contributed by atoms with Gasteiger partial charge in [-0.1, -0.05) is 5.16 Å². The Morgan fingerprint density at radius 2 is 2.23 bits per heavy atom. The molecule has 0 radical (unpaired) electrons. The zero-order valence-corrected chi connectivity index (χ0v) is 8.22. The van der Waals surface area contributed by atoms with E-state index in [9.17, 15) is 0 Å². The van der Waals surface area contributed by atoms with Gasteiger partial charge in [-0.25, -0.2) is 0 Å². The molecule has 1 fully saturated rings. The van der Waals surface area contributed by atoms with Gasteiger partial charge in [-0.05, 0) is 24.3 Å². The first kappa shape index (κ1) is 9.02. The van der Waals surface area contributed by atoms with Gasteiger partial charge in [-0.15, -0.1) is 0 Å². The van der Waals surface area contributed by atoms with E-state index in [1.54, 1.807) is 0 Å². The first-order valence-corrected chi connectivity index (χ1v) is 5.66. The highest BCUT2D eigenvalue weighted by molar-refractivity contribution is 7.99. The molecular formula is C8H13N3OS. The van der Waals surface area contributed by atoms with Gasteiger partial charge in [0.05, 0.1) is 6.54 Å². The molecule has 0 aromatic carbocycles. The maximum atomic E-state index is 5.40. The van der Waals surface area contributed by atoms with E-state index in [-0.39, 0.29) is 0 Å². The molecule has 0 spiro atoms. The molecule has 1 aromatic heterocycles. The molecule has 2 heterocycles. The van der Waals surface area contributed by atoms with E-state index in [1.807, 2.05) is 11.8 Å². The van der Waals surface area contributed by atoms with Crippen molar-refractivity contribution in [2.75, 3.05) is 11.5 Å². The molecular weight excluding hydrogens is 186 g/mol. The Kier molecular flexibility index (Phi) is 2.85. The summed E-state index contributed by atoms with van der Waals surface area (Å²) in [5.41, 5.74) is 5.40. The first-order chi connectivity index (χ1) is 6.40. The monoisotopic (exact) mass is 199 g/mol. The molecule has 0 atom stereocenters. The van der Waals surface area contributed by atoms with E-state index >= 15 is 0 Å². The lowest BCUT2D eigenvalue weighted by Gasteiger charge is -2.16. The van der Waals surface area contributed by atoms with Gasteiger partial charge in [-0.2, -0.15) is 16.7 Å². The molecule has 2 rings (SSSR count). The predicted molar refractivity (Wildman–Crippen MR) is 51.5 cm³/mol. The Balaban J connectivity index is 2.05. The number of thioether (sulfide) groups is 1. The van der Waals surface area contributed by atoms with Gasteiger partial charge < -0.3 is 10.3 Å². The van der Waals surface area contributed by atoms with Gasteiger partial charge in [-0.3, -0.25) is 0 Å². The number of rotatable bonds is 2. The largest absolute Gasteiger partial charge is 0.339 e. The summed E-state index contributed by atoms with van der Waals surface area (Å²) in [5.74, 6) is 4.26. The van der Waals surface area contributed by atoms with E-state index in [0.717, 1.165) is 18.7 Å². The van der Waals surface area contributed by atoms with Crippen molar-refractivity contribution < 1.29 is 4.52 Å². The van der Waals surface area contributed by atoms with E-state index in [1.165, 1.54) is 11.5 Å². The molecule has 13 heavy (non-hydrogen) atoms. The van der Waals surface area contributed by atoms with E-state index in [4.69, 9.17) is 10.3 Å². The maximum absolute atomic E-state index is 5.40. The third-order valence-corrected chi connectivity index (χ3v) is 3.29. The van der Waals surface area contributed by atoms with Crippen molar-refractivity contribution in [1.82, 2.24) is 10.1 Å². The lowest BCUT2D eigenvalue weighted by molar-refractivity contribution is 0.342. The fraction of sp³-hybridized carbons (Fsp3) is 0.750. The van der Waals surface area contributed by atoms with E-state index in [0.29, 0.717) is 18.3 Å². The Morgan fingerprint density at radius 1 is 1.46 bits per heavy atom. The summed E-state index contributed by atoms with van der Waals surface area (Å²) in [4.78, 5) is 4.24. The molecule has 0 aliphatic carbocycles. The van der Waals surface area contributed by atoms with Crippen molar-refractivity contribution in [3.05, 3.63) is 11.7 Å². The van der Waals surface area contributed by atoms with Crippen LogP contribution < -0.4 is 5.73 Å². The summed E-state index contributed by atoms with van der Waals surface area (Å²) in [6, 6.07) is 0. The first-order valence-electron chi connectivity index (χ1n) is 4.50. The molecule has 0 amide bonds. The van der Waals surface area contributed by atoms with Crippen molar-refractivity contribution >= 4 is 11.8 Å². The van der Waals surface area contributed by atoms with Crippen LogP contribution >= 0.6 is 11.8 Å². The Morgan fingerprint density at radius 3 is 2.85 bits per heavy atom. The quantitative estimate of drug-likeness (QED) is 0.773. The molecule has 1 aliphatic heterocycles. The summed E-state index contributed by atoms with van der Waals surface area (Å²) in [7, 11) is 0. The molecule has 2 N–H and O–H groups in total. The summed E-state index contributed by atoms with van der Waals surface area (Å²) in [6.45, 7) is 0.366. The summed E-state index contributed by atoms with van der Waals surface area (Å²) in [6.07, 6.45) is 2.30. The predicted octanol–water partition coefficient (Wildman–Crippen LogP) is 1.14. The molecule has 0 unspecified atom stereocenters.